The lowest BCUT2D eigenvalue weighted by Crippen LogP contribution is -2.26. The van der Waals surface area contributed by atoms with E-state index in [1.165, 1.54) is 6.07 Å². The van der Waals surface area contributed by atoms with Crippen LogP contribution in [0.25, 0.3) is 0 Å². The summed E-state index contributed by atoms with van der Waals surface area (Å²) in [5, 5.41) is 9.02. The average Bonchev–Trinajstić information content (AvgIpc) is 2.41. The van der Waals surface area contributed by atoms with E-state index < -0.39 is 10.0 Å². The van der Waals surface area contributed by atoms with Gasteiger partial charge in [0.15, 0.2) is 0 Å². The number of nitrogens with one attached hydrogen (secondary N) is 1. The van der Waals surface area contributed by atoms with Gasteiger partial charge in [0.2, 0.25) is 10.0 Å². The maximum Gasteiger partial charge on any atom is 0.241 e. The second kappa shape index (κ2) is 8.85. The predicted molar refractivity (Wildman–Crippen MR) is 85.5 cm³/mol. The lowest BCUT2D eigenvalue weighted by molar-refractivity contribution is 0.108. The average molecular weight is 380 g/mol. The second-order valence-corrected chi connectivity index (χ2v) is 7.73. The molecule has 0 aliphatic carbocycles. The Morgan fingerprint density at radius 1 is 1.38 bits per heavy atom. The van der Waals surface area contributed by atoms with Crippen LogP contribution in [0.3, 0.4) is 0 Å². The van der Waals surface area contributed by atoms with Crippen molar-refractivity contribution in [3.8, 4) is 0 Å². The van der Waals surface area contributed by atoms with Gasteiger partial charge in [0.05, 0.1) is 11.5 Å². The van der Waals surface area contributed by atoms with Gasteiger partial charge in [-0.15, -0.1) is 0 Å². The molecular formula is C14H22BrNO4S. The summed E-state index contributed by atoms with van der Waals surface area (Å²) in [6.07, 6.45) is 0.623. The van der Waals surface area contributed by atoms with Gasteiger partial charge in [-0.2, -0.15) is 0 Å². The van der Waals surface area contributed by atoms with Gasteiger partial charge in [-0.3, -0.25) is 0 Å². The highest BCUT2D eigenvalue weighted by Gasteiger charge is 2.17. The summed E-state index contributed by atoms with van der Waals surface area (Å²) in [6.45, 7) is 5.55. The predicted octanol–water partition coefficient (Wildman–Crippen LogP) is 2.28. The van der Waals surface area contributed by atoms with Crippen LogP contribution in [0.15, 0.2) is 27.6 Å². The van der Waals surface area contributed by atoms with Gasteiger partial charge in [-0.05, 0) is 46.0 Å². The summed E-state index contributed by atoms with van der Waals surface area (Å²) in [6, 6.07) is 4.67. The smallest absolute Gasteiger partial charge is 0.241 e. The van der Waals surface area contributed by atoms with E-state index in [-0.39, 0.29) is 11.5 Å². The zero-order valence-corrected chi connectivity index (χ0v) is 14.7. The Balaban J connectivity index is 2.50. The molecule has 0 unspecified atom stereocenters. The molecule has 0 aliphatic rings. The van der Waals surface area contributed by atoms with Crippen LogP contribution >= 0.6 is 15.9 Å². The number of hydrogen-bond donors (Lipinski definition) is 2. The minimum absolute atomic E-state index is 0.125. The standard InChI is InChI=1S/C14H22BrNO4S/c1-11(2)10-20-7-3-6-16-21(18,19)14-5-4-12(9-17)8-13(14)15/h4-5,8,11,16-17H,3,6-7,9-10H2,1-2H3. The van der Waals surface area contributed by atoms with E-state index in [2.05, 4.69) is 34.5 Å². The van der Waals surface area contributed by atoms with Gasteiger partial charge in [-0.1, -0.05) is 19.9 Å². The zero-order valence-electron chi connectivity index (χ0n) is 12.3. The first-order valence-electron chi connectivity index (χ1n) is 6.83. The first-order chi connectivity index (χ1) is 9.86. The fourth-order valence-corrected chi connectivity index (χ4v) is 3.84. The monoisotopic (exact) mass is 379 g/mol. The Labute approximate surface area is 134 Å². The van der Waals surface area contributed by atoms with Crippen molar-refractivity contribution in [3.63, 3.8) is 0 Å². The maximum absolute atomic E-state index is 12.1. The first-order valence-corrected chi connectivity index (χ1v) is 9.11. The highest BCUT2D eigenvalue weighted by atomic mass is 79.9. The van der Waals surface area contributed by atoms with Crippen molar-refractivity contribution < 1.29 is 18.3 Å². The summed E-state index contributed by atoms with van der Waals surface area (Å²) < 4.78 is 32.7. The van der Waals surface area contributed by atoms with Gasteiger partial charge in [0, 0.05) is 24.2 Å². The van der Waals surface area contributed by atoms with Gasteiger partial charge >= 0.3 is 0 Å². The largest absolute Gasteiger partial charge is 0.392 e. The van der Waals surface area contributed by atoms with Crippen molar-refractivity contribution in [2.24, 2.45) is 5.92 Å². The van der Waals surface area contributed by atoms with E-state index in [0.717, 1.165) is 0 Å². The van der Waals surface area contributed by atoms with Crippen molar-refractivity contribution in [2.75, 3.05) is 19.8 Å². The van der Waals surface area contributed by atoms with Gasteiger partial charge in [0.1, 0.15) is 0 Å². The normalized spacial score (nSPS) is 12.0. The molecule has 0 fully saturated rings. The molecule has 0 bridgehead atoms. The van der Waals surface area contributed by atoms with Crippen molar-refractivity contribution in [1.29, 1.82) is 0 Å². The Morgan fingerprint density at radius 2 is 2.10 bits per heavy atom. The first kappa shape index (κ1) is 18.6. The molecule has 0 aliphatic heterocycles. The van der Waals surface area contributed by atoms with Crippen LogP contribution in [0.4, 0.5) is 0 Å². The van der Waals surface area contributed by atoms with Crippen molar-refractivity contribution in [2.45, 2.75) is 31.8 Å². The zero-order chi connectivity index (χ0) is 15.9. The minimum atomic E-state index is -3.55. The summed E-state index contributed by atoms with van der Waals surface area (Å²) in [5.41, 5.74) is 0.655. The van der Waals surface area contributed by atoms with Gasteiger partial charge in [0.25, 0.3) is 0 Å². The molecule has 0 amide bonds. The highest BCUT2D eigenvalue weighted by molar-refractivity contribution is 9.10. The summed E-state index contributed by atoms with van der Waals surface area (Å²) in [5.74, 6) is 0.475. The number of aliphatic hydroxyl groups is 1. The van der Waals surface area contributed by atoms with Crippen LogP contribution < -0.4 is 4.72 Å². The van der Waals surface area contributed by atoms with E-state index in [1.807, 2.05) is 0 Å². The molecule has 5 nitrogen and oxygen atoms in total. The molecule has 2 N–H and O–H groups in total. The lowest BCUT2D eigenvalue weighted by Gasteiger charge is -2.10. The third kappa shape index (κ3) is 6.44. The van der Waals surface area contributed by atoms with Gasteiger partial charge < -0.3 is 9.84 Å². The molecule has 0 radical (unpaired) electrons. The molecule has 0 saturated carbocycles. The summed E-state index contributed by atoms with van der Waals surface area (Å²) in [4.78, 5) is 0.169. The fraction of sp³-hybridized carbons (Fsp3) is 0.571. The van der Waals surface area contributed by atoms with Crippen LogP contribution in [0, 0.1) is 5.92 Å². The van der Waals surface area contributed by atoms with Crippen LogP contribution in [0.1, 0.15) is 25.8 Å². The SMILES string of the molecule is CC(C)COCCCNS(=O)(=O)c1ccc(CO)cc1Br. The number of aliphatic hydroxyl groups excluding tert-OH is 1. The molecule has 1 aromatic carbocycles. The molecule has 0 saturated heterocycles. The molecule has 0 heterocycles. The van der Waals surface area contributed by atoms with Crippen LogP contribution in [-0.2, 0) is 21.4 Å². The topological polar surface area (TPSA) is 75.6 Å². The molecule has 21 heavy (non-hydrogen) atoms. The third-order valence-electron chi connectivity index (χ3n) is 2.68. The van der Waals surface area contributed by atoms with E-state index in [0.29, 0.717) is 42.1 Å². The Bertz CT molecular complexity index is 546. The fourth-order valence-electron chi connectivity index (χ4n) is 1.64. The van der Waals surface area contributed by atoms with Crippen LogP contribution in [0.2, 0.25) is 0 Å². The number of ether oxygens (including phenoxy) is 1. The molecule has 1 rings (SSSR count). The van der Waals surface area contributed by atoms with E-state index in [9.17, 15) is 8.42 Å². The summed E-state index contributed by atoms with van der Waals surface area (Å²) in [7, 11) is -3.55. The lowest BCUT2D eigenvalue weighted by atomic mass is 10.2. The van der Waals surface area contributed by atoms with E-state index in [4.69, 9.17) is 9.84 Å². The maximum atomic E-state index is 12.1. The highest BCUT2D eigenvalue weighted by Crippen LogP contribution is 2.23. The molecule has 0 aromatic heterocycles. The number of halogens is 1. The van der Waals surface area contributed by atoms with Crippen LogP contribution in [0.5, 0.6) is 0 Å². The Kier molecular flexibility index (Phi) is 7.83. The number of benzene rings is 1. The molecule has 7 heteroatoms. The number of rotatable bonds is 9. The Morgan fingerprint density at radius 3 is 2.67 bits per heavy atom. The van der Waals surface area contributed by atoms with Crippen molar-refractivity contribution in [1.82, 2.24) is 4.72 Å². The number of sulfonamides is 1. The molecular weight excluding hydrogens is 358 g/mol. The van der Waals surface area contributed by atoms with E-state index >= 15 is 0 Å². The quantitative estimate of drug-likeness (QED) is 0.645. The molecule has 0 spiro atoms. The van der Waals surface area contributed by atoms with E-state index in [1.54, 1.807) is 12.1 Å². The number of hydrogen-bond acceptors (Lipinski definition) is 4. The minimum Gasteiger partial charge on any atom is -0.392 e. The van der Waals surface area contributed by atoms with Crippen LogP contribution in [-0.4, -0.2) is 33.3 Å². The van der Waals surface area contributed by atoms with Gasteiger partial charge in [-0.25, -0.2) is 13.1 Å². The second-order valence-electron chi connectivity index (χ2n) is 5.14. The molecule has 0 atom stereocenters. The summed E-state index contributed by atoms with van der Waals surface area (Å²) >= 11 is 3.22. The molecule has 120 valence electrons. The Hall–Kier alpha value is -0.470. The third-order valence-corrected chi connectivity index (χ3v) is 5.11. The molecule has 1 aromatic rings. The van der Waals surface area contributed by atoms with Crippen molar-refractivity contribution >= 4 is 26.0 Å². The van der Waals surface area contributed by atoms with Crippen molar-refractivity contribution in [3.05, 3.63) is 28.2 Å².